The highest BCUT2D eigenvalue weighted by Gasteiger charge is 2.21. The molecule has 7 heteroatoms. The van der Waals surface area contributed by atoms with Gasteiger partial charge in [0, 0.05) is 45.7 Å². The van der Waals surface area contributed by atoms with Crippen LogP contribution in [-0.2, 0) is 21.4 Å². The Kier molecular flexibility index (Phi) is 7.87. The molecule has 1 aliphatic heterocycles. The fraction of sp³-hybridized carbons (Fsp3) is 0.611. The minimum atomic E-state index is -3.24. The zero-order valence-corrected chi connectivity index (χ0v) is 15.8. The van der Waals surface area contributed by atoms with Crippen molar-refractivity contribution in [1.82, 2.24) is 14.5 Å². The van der Waals surface area contributed by atoms with Gasteiger partial charge in [0.2, 0.25) is 15.9 Å². The van der Waals surface area contributed by atoms with Crippen LogP contribution in [0, 0.1) is 0 Å². The van der Waals surface area contributed by atoms with E-state index in [0.717, 1.165) is 26.1 Å². The van der Waals surface area contributed by atoms with Gasteiger partial charge in [-0.3, -0.25) is 9.69 Å². The summed E-state index contributed by atoms with van der Waals surface area (Å²) in [7, 11) is -3.24. The summed E-state index contributed by atoms with van der Waals surface area (Å²) in [4.78, 5) is 16.4. The molecule has 1 aliphatic rings. The molecule has 0 spiro atoms. The van der Waals surface area contributed by atoms with Crippen LogP contribution in [0.5, 0.6) is 0 Å². The smallest absolute Gasteiger partial charge is 0.223 e. The average Bonchev–Trinajstić information content (AvgIpc) is 2.61. The van der Waals surface area contributed by atoms with Crippen LogP contribution in [-0.4, -0.2) is 62.6 Å². The van der Waals surface area contributed by atoms with Gasteiger partial charge >= 0.3 is 0 Å². The van der Waals surface area contributed by atoms with Crippen molar-refractivity contribution in [3.05, 3.63) is 35.9 Å². The number of carbonyl (C=O) groups is 1. The van der Waals surface area contributed by atoms with E-state index in [0.29, 0.717) is 19.5 Å². The molecule has 1 N–H and O–H groups in total. The lowest BCUT2D eigenvalue weighted by atomic mass is 10.2. The third-order valence-corrected chi connectivity index (χ3v) is 5.87. The molecule has 0 unspecified atom stereocenters. The van der Waals surface area contributed by atoms with Gasteiger partial charge in [-0.05, 0) is 12.0 Å². The maximum atomic E-state index is 12.2. The number of unbranched alkanes of at least 4 members (excludes halogenated alkanes) is 1. The molecule has 1 amide bonds. The van der Waals surface area contributed by atoms with Crippen molar-refractivity contribution < 1.29 is 13.2 Å². The summed E-state index contributed by atoms with van der Waals surface area (Å²) in [5.41, 5.74) is 1.28. The number of sulfonamides is 1. The van der Waals surface area contributed by atoms with E-state index in [1.165, 1.54) is 5.56 Å². The summed E-state index contributed by atoms with van der Waals surface area (Å²) in [5, 5.41) is 0. The summed E-state index contributed by atoms with van der Waals surface area (Å²) < 4.78 is 26.0. The molecule has 0 radical (unpaired) electrons. The second kappa shape index (κ2) is 9.89. The number of nitrogens with one attached hydrogen (secondary N) is 1. The number of nitrogens with zero attached hydrogens (tertiary/aromatic N) is 2. The Balaban J connectivity index is 1.67. The van der Waals surface area contributed by atoms with Crippen LogP contribution in [0.4, 0.5) is 0 Å². The van der Waals surface area contributed by atoms with Crippen LogP contribution in [0.3, 0.4) is 0 Å². The molecule has 1 aromatic rings. The number of carbonyl (C=O) groups excluding carboxylic acids is 1. The molecule has 140 valence electrons. The van der Waals surface area contributed by atoms with E-state index in [4.69, 9.17) is 0 Å². The Morgan fingerprint density at radius 1 is 1.12 bits per heavy atom. The van der Waals surface area contributed by atoms with Crippen LogP contribution in [0.1, 0.15) is 31.7 Å². The van der Waals surface area contributed by atoms with Gasteiger partial charge in [0.05, 0.1) is 5.75 Å². The highest BCUT2D eigenvalue weighted by atomic mass is 32.2. The minimum Gasteiger partial charge on any atom is -0.340 e. The average molecular weight is 368 g/mol. The summed E-state index contributed by atoms with van der Waals surface area (Å²) in [6.07, 6.45) is 1.71. The van der Waals surface area contributed by atoms with E-state index in [1.807, 2.05) is 30.0 Å². The first-order valence-corrected chi connectivity index (χ1v) is 10.7. The number of rotatable bonds is 9. The van der Waals surface area contributed by atoms with Gasteiger partial charge in [-0.15, -0.1) is 0 Å². The van der Waals surface area contributed by atoms with Crippen molar-refractivity contribution >= 4 is 15.9 Å². The van der Waals surface area contributed by atoms with Crippen LogP contribution < -0.4 is 4.72 Å². The highest BCUT2D eigenvalue weighted by Crippen LogP contribution is 2.09. The standard InChI is InChI=1S/C18H29N3O3S/c1-2-3-15-25(23,24)19-10-9-18(22)21-13-11-20(12-14-21)16-17-7-5-4-6-8-17/h4-8,19H,2-3,9-16H2,1H3. The van der Waals surface area contributed by atoms with Crippen molar-refractivity contribution in [2.75, 3.05) is 38.5 Å². The lowest BCUT2D eigenvalue weighted by molar-refractivity contribution is -0.132. The summed E-state index contributed by atoms with van der Waals surface area (Å²) in [6.45, 7) is 6.15. The van der Waals surface area contributed by atoms with Gasteiger partial charge in [-0.25, -0.2) is 13.1 Å². The van der Waals surface area contributed by atoms with Gasteiger partial charge in [-0.2, -0.15) is 0 Å². The number of benzene rings is 1. The zero-order valence-electron chi connectivity index (χ0n) is 15.0. The van der Waals surface area contributed by atoms with Gasteiger partial charge in [-0.1, -0.05) is 43.7 Å². The summed E-state index contributed by atoms with van der Waals surface area (Å²) in [5.74, 6) is 0.160. The third-order valence-electron chi connectivity index (χ3n) is 4.40. The van der Waals surface area contributed by atoms with Crippen molar-refractivity contribution in [2.24, 2.45) is 0 Å². The second-order valence-corrected chi connectivity index (χ2v) is 8.39. The summed E-state index contributed by atoms with van der Waals surface area (Å²) in [6, 6.07) is 10.3. The molecule has 1 saturated heterocycles. The number of hydrogen-bond donors (Lipinski definition) is 1. The van der Waals surface area contributed by atoms with Crippen LogP contribution >= 0.6 is 0 Å². The molecule has 0 atom stereocenters. The molecule has 1 heterocycles. The normalized spacial score (nSPS) is 16.1. The van der Waals surface area contributed by atoms with Crippen LogP contribution in [0.15, 0.2) is 30.3 Å². The Bertz CT molecular complexity index is 626. The van der Waals surface area contributed by atoms with E-state index in [9.17, 15) is 13.2 Å². The highest BCUT2D eigenvalue weighted by molar-refractivity contribution is 7.89. The number of hydrogen-bond acceptors (Lipinski definition) is 4. The first kappa shape index (κ1) is 19.9. The SMILES string of the molecule is CCCCS(=O)(=O)NCCC(=O)N1CCN(Cc2ccccc2)CC1. The molecular formula is C18H29N3O3S. The van der Waals surface area contributed by atoms with Crippen molar-refractivity contribution in [3.63, 3.8) is 0 Å². The molecule has 6 nitrogen and oxygen atoms in total. The molecule has 0 aromatic heterocycles. The molecule has 2 rings (SSSR count). The predicted molar refractivity (Wildman–Crippen MR) is 99.6 cm³/mol. The molecule has 1 aromatic carbocycles. The van der Waals surface area contributed by atoms with E-state index in [2.05, 4.69) is 21.8 Å². The monoisotopic (exact) mass is 367 g/mol. The second-order valence-electron chi connectivity index (χ2n) is 6.46. The lowest BCUT2D eigenvalue weighted by Crippen LogP contribution is -2.48. The fourth-order valence-electron chi connectivity index (χ4n) is 2.88. The molecular weight excluding hydrogens is 338 g/mol. The fourth-order valence-corrected chi connectivity index (χ4v) is 4.10. The Hall–Kier alpha value is -1.44. The molecule has 0 aliphatic carbocycles. The van der Waals surface area contributed by atoms with Crippen LogP contribution in [0.2, 0.25) is 0 Å². The maximum Gasteiger partial charge on any atom is 0.223 e. The lowest BCUT2D eigenvalue weighted by Gasteiger charge is -2.34. The zero-order chi connectivity index (χ0) is 18.1. The van der Waals surface area contributed by atoms with E-state index in [1.54, 1.807) is 0 Å². The minimum absolute atomic E-state index is 0.0255. The van der Waals surface area contributed by atoms with Crippen LogP contribution in [0.25, 0.3) is 0 Å². The maximum absolute atomic E-state index is 12.2. The van der Waals surface area contributed by atoms with E-state index < -0.39 is 10.0 Å². The van der Waals surface area contributed by atoms with Crippen molar-refractivity contribution in [2.45, 2.75) is 32.7 Å². The quantitative estimate of drug-likeness (QED) is 0.717. The van der Waals surface area contributed by atoms with E-state index >= 15 is 0 Å². The third kappa shape index (κ3) is 7.13. The molecule has 0 saturated carbocycles. The predicted octanol–water partition coefficient (Wildman–Crippen LogP) is 1.44. The number of piperazine rings is 1. The van der Waals surface area contributed by atoms with Crippen molar-refractivity contribution in [1.29, 1.82) is 0 Å². The van der Waals surface area contributed by atoms with Gasteiger partial charge < -0.3 is 4.90 Å². The Labute approximate surface area is 151 Å². The molecule has 0 bridgehead atoms. The van der Waals surface area contributed by atoms with E-state index in [-0.39, 0.29) is 24.6 Å². The topological polar surface area (TPSA) is 69.7 Å². The van der Waals surface area contributed by atoms with Gasteiger partial charge in [0.25, 0.3) is 0 Å². The van der Waals surface area contributed by atoms with Gasteiger partial charge in [0.1, 0.15) is 0 Å². The van der Waals surface area contributed by atoms with Gasteiger partial charge in [0.15, 0.2) is 0 Å². The van der Waals surface area contributed by atoms with Crippen molar-refractivity contribution in [3.8, 4) is 0 Å². The molecule has 25 heavy (non-hydrogen) atoms. The number of amides is 1. The summed E-state index contributed by atoms with van der Waals surface area (Å²) >= 11 is 0. The first-order chi connectivity index (χ1) is 12.0. The largest absolute Gasteiger partial charge is 0.340 e. The first-order valence-electron chi connectivity index (χ1n) is 9.01. The molecule has 1 fully saturated rings. The Morgan fingerprint density at radius 2 is 1.80 bits per heavy atom. The Morgan fingerprint density at radius 3 is 2.44 bits per heavy atom.